The molecule has 0 aromatic carbocycles. The first-order valence-electron chi connectivity index (χ1n) is 5.38. The van der Waals surface area contributed by atoms with E-state index >= 15 is 0 Å². The van der Waals surface area contributed by atoms with Gasteiger partial charge in [-0.3, -0.25) is 0 Å². The van der Waals surface area contributed by atoms with Crippen LogP contribution in [0.4, 0.5) is 0 Å². The number of carbonyl (C=O) groups is 1. The van der Waals surface area contributed by atoms with Gasteiger partial charge >= 0.3 is 5.97 Å². The summed E-state index contributed by atoms with van der Waals surface area (Å²) in [5.41, 5.74) is 1.60. The Morgan fingerprint density at radius 2 is 2.19 bits per heavy atom. The lowest BCUT2D eigenvalue weighted by molar-refractivity contribution is 0.00690. The second kappa shape index (κ2) is 4.41. The lowest BCUT2D eigenvalue weighted by Crippen LogP contribution is -2.24. The van der Waals surface area contributed by atoms with Crippen LogP contribution < -0.4 is 0 Å². The zero-order chi connectivity index (χ0) is 11.8. The van der Waals surface area contributed by atoms with Gasteiger partial charge in [-0.1, -0.05) is 0 Å². The van der Waals surface area contributed by atoms with E-state index in [0.29, 0.717) is 0 Å². The minimum atomic E-state index is -0.407. The second-order valence-electron chi connectivity index (χ2n) is 4.86. The molecule has 0 saturated heterocycles. The van der Waals surface area contributed by atoms with Crippen LogP contribution in [0.1, 0.15) is 41.6 Å². The molecule has 0 spiro atoms. The van der Waals surface area contributed by atoms with E-state index in [4.69, 9.17) is 4.74 Å². The van der Waals surface area contributed by atoms with Gasteiger partial charge in [0.2, 0.25) is 0 Å². The van der Waals surface area contributed by atoms with E-state index in [0.717, 1.165) is 23.5 Å². The number of esters is 1. The van der Waals surface area contributed by atoms with Gasteiger partial charge in [0, 0.05) is 16.0 Å². The zero-order valence-electron chi connectivity index (χ0n) is 9.83. The van der Waals surface area contributed by atoms with Crippen LogP contribution in [-0.4, -0.2) is 17.3 Å². The zero-order valence-corrected chi connectivity index (χ0v) is 11.5. The third-order valence-corrected chi connectivity index (χ3v) is 4.53. The molecule has 0 radical (unpaired) electrons. The molecular weight excluding hydrogens is 240 g/mol. The van der Waals surface area contributed by atoms with Gasteiger partial charge in [0.25, 0.3) is 0 Å². The molecule has 88 valence electrons. The number of carbonyl (C=O) groups excluding carboxylic acids is 1. The maximum Gasteiger partial charge on any atom is 0.339 e. The Kier molecular flexibility index (Phi) is 3.31. The highest BCUT2D eigenvalue weighted by Gasteiger charge is 2.24. The van der Waals surface area contributed by atoms with Gasteiger partial charge in [-0.25, -0.2) is 4.79 Å². The fraction of sp³-hybridized carbons (Fsp3) is 0.583. The highest BCUT2D eigenvalue weighted by molar-refractivity contribution is 7.98. The Labute approximate surface area is 104 Å². The Hall–Kier alpha value is -0.480. The summed E-state index contributed by atoms with van der Waals surface area (Å²) < 4.78 is 5.41. The molecule has 0 atom stereocenters. The predicted molar refractivity (Wildman–Crippen MR) is 69.4 cm³/mol. The van der Waals surface area contributed by atoms with Crippen LogP contribution in [0.15, 0.2) is 5.38 Å². The largest absolute Gasteiger partial charge is 0.456 e. The third kappa shape index (κ3) is 2.61. The number of ether oxygens (including phenoxy) is 1. The van der Waals surface area contributed by atoms with E-state index in [9.17, 15) is 4.79 Å². The molecule has 1 aromatic rings. The third-order valence-electron chi connectivity index (χ3n) is 2.33. The summed E-state index contributed by atoms with van der Waals surface area (Å²) in [6, 6.07) is 0. The monoisotopic (exact) mass is 256 g/mol. The second-order valence-corrected chi connectivity index (χ2v) is 6.92. The molecule has 4 heteroatoms. The molecule has 2 nitrogen and oxygen atoms in total. The van der Waals surface area contributed by atoms with Crippen molar-refractivity contribution in [3.63, 3.8) is 0 Å². The van der Waals surface area contributed by atoms with Crippen molar-refractivity contribution in [1.82, 2.24) is 0 Å². The smallest absolute Gasteiger partial charge is 0.339 e. The molecule has 1 aliphatic heterocycles. The first-order valence-corrected chi connectivity index (χ1v) is 7.41. The van der Waals surface area contributed by atoms with Gasteiger partial charge in [0.1, 0.15) is 5.60 Å². The molecule has 1 aromatic heterocycles. The summed E-state index contributed by atoms with van der Waals surface area (Å²) in [7, 11) is 0. The summed E-state index contributed by atoms with van der Waals surface area (Å²) in [6.07, 6.45) is 0.998. The first kappa shape index (κ1) is 12.0. The quantitative estimate of drug-likeness (QED) is 0.719. The predicted octanol–water partition coefficient (Wildman–Crippen LogP) is 3.49. The Morgan fingerprint density at radius 1 is 1.44 bits per heavy atom. The number of hydrogen-bond donors (Lipinski definition) is 0. The van der Waals surface area contributed by atoms with Crippen molar-refractivity contribution in [2.24, 2.45) is 0 Å². The average molecular weight is 256 g/mol. The van der Waals surface area contributed by atoms with Crippen LogP contribution in [0.3, 0.4) is 0 Å². The minimum Gasteiger partial charge on any atom is -0.456 e. The summed E-state index contributed by atoms with van der Waals surface area (Å²) in [5, 5.41) is 1.95. The van der Waals surface area contributed by atoms with Gasteiger partial charge < -0.3 is 4.74 Å². The molecule has 1 aliphatic rings. The molecule has 16 heavy (non-hydrogen) atoms. The molecule has 2 heterocycles. The molecule has 0 fully saturated rings. The molecule has 0 unspecified atom stereocenters. The fourth-order valence-corrected chi connectivity index (χ4v) is 3.89. The molecular formula is C12H16O2S2. The van der Waals surface area contributed by atoms with Crippen molar-refractivity contribution < 1.29 is 9.53 Å². The van der Waals surface area contributed by atoms with Crippen molar-refractivity contribution in [3.8, 4) is 0 Å². The topological polar surface area (TPSA) is 26.3 Å². The van der Waals surface area contributed by atoms with Gasteiger partial charge in [-0.2, -0.15) is 11.8 Å². The highest BCUT2D eigenvalue weighted by Crippen LogP contribution is 2.33. The maximum absolute atomic E-state index is 12.0. The number of hydrogen-bond acceptors (Lipinski definition) is 4. The first-order chi connectivity index (χ1) is 7.47. The molecule has 0 amide bonds. The number of fused-ring (bicyclic) bond motifs is 1. The lowest BCUT2D eigenvalue weighted by atomic mass is 10.1. The molecule has 0 bridgehead atoms. The van der Waals surface area contributed by atoms with Gasteiger partial charge in [-0.05, 0) is 38.5 Å². The Bertz CT molecular complexity index is 402. The molecule has 0 aliphatic carbocycles. The normalized spacial score (nSPS) is 15.7. The van der Waals surface area contributed by atoms with Crippen molar-refractivity contribution in [3.05, 3.63) is 21.4 Å². The summed E-state index contributed by atoms with van der Waals surface area (Å²) in [4.78, 5) is 13.3. The van der Waals surface area contributed by atoms with Crippen LogP contribution in [-0.2, 0) is 16.9 Å². The SMILES string of the molecule is CC(C)(C)OC(=O)c1csc2c1CCSC2. The summed E-state index contributed by atoms with van der Waals surface area (Å²) in [6.45, 7) is 5.71. The standard InChI is InChI=1S/C12H16O2S2/c1-12(2,3)14-11(13)9-6-16-10-7-15-5-4-8(9)10/h6H,4-5,7H2,1-3H3. The summed E-state index contributed by atoms with van der Waals surface area (Å²) >= 11 is 3.62. The van der Waals surface area contributed by atoms with E-state index in [1.807, 2.05) is 37.9 Å². The van der Waals surface area contributed by atoms with Gasteiger partial charge in [0.15, 0.2) is 0 Å². The van der Waals surface area contributed by atoms with Crippen molar-refractivity contribution >= 4 is 29.1 Å². The number of thioether (sulfide) groups is 1. The van der Waals surface area contributed by atoms with E-state index in [2.05, 4.69) is 0 Å². The van der Waals surface area contributed by atoms with Crippen LogP contribution in [0.25, 0.3) is 0 Å². The average Bonchev–Trinajstić information content (AvgIpc) is 2.58. The van der Waals surface area contributed by atoms with Crippen molar-refractivity contribution in [1.29, 1.82) is 0 Å². The highest BCUT2D eigenvalue weighted by atomic mass is 32.2. The van der Waals surface area contributed by atoms with Crippen LogP contribution in [0.2, 0.25) is 0 Å². The molecule has 0 N–H and O–H groups in total. The van der Waals surface area contributed by atoms with E-state index in [1.54, 1.807) is 11.3 Å². The van der Waals surface area contributed by atoms with Crippen LogP contribution in [0, 0.1) is 0 Å². The van der Waals surface area contributed by atoms with Crippen LogP contribution in [0.5, 0.6) is 0 Å². The maximum atomic E-state index is 12.0. The minimum absolute atomic E-state index is 0.170. The molecule has 0 saturated carbocycles. The van der Waals surface area contributed by atoms with Gasteiger partial charge in [0.05, 0.1) is 5.56 Å². The number of rotatable bonds is 1. The number of thiophene rings is 1. The van der Waals surface area contributed by atoms with E-state index < -0.39 is 5.60 Å². The van der Waals surface area contributed by atoms with Gasteiger partial charge in [-0.15, -0.1) is 11.3 Å². The van der Waals surface area contributed by atoms with Crippen molar-refractivity contribution in [2.75, 3.05) is 5.75 Å². The van der Waals surface area contributed by atoms with Crippen LogP contribution >= 0.6 is 23.1 Å². The Morgan fingerprint density at radius 3 is 2.88 bits per heavy atom. The van der Waals surface area contributed by atoms with E-state index in [1.165, 1.54) is 10.4 Å². The lowest BCUT2D eigenvalue weighted by Gasteiger charge is -2.20. The fourth-order valence-electron chi connectivity index (χ4n) is 1.66. The summed E-state index contributed by atoms with van der Waals surface area (Å²) in [5.74, 6) is 1.99. The van der Waals surface area contributed by atoms with E-state index in [-0.39, 0.29) is 5.97 Å². The molecule has 2 rings (SSSR count). The Balaban J connectivity index is 2.21. The van der Waals surface area contributed by atoms with Crippen molar-refractivity contribution in [2.45, 2.75) is 38.5 Å².